The Morgan fingerprint density at radius 2 is 1.75 bits per heavy atom. The Morgan fingerprint density at radius 3 is 2.33 bits per heavy atom. The van der Waals surface area contributed by atoms with Gasteiger partial charge in [0.05, 0.1) is 25.9 Å². The molecule has 0 aromatic carbocycles. The van der Waals surface area contributed by atoms with Crippen molar-refractivity contribution in [2.75, 3.05) is 26.9 Å². The third kappa shape index (κ3) is 7.68. The summed E-state index contributed by atoms with van der Waals surface area (Å²) < 4.78 is 22.4. The van der Waals surface area contributed by atoms with E-state index in [1.165, 1.54) is 5.64 Å². The summed E-state index contributed by atoms with van der Waals surface area (Å²) in [7, 11) is 1.60. The van der Waals surface area contributed by atoms with Crippen molar-refractivity contribution < 1.29 is 64.8 Å². The minimum atomic E-state index is -1.75. The van der Waals surface area contributed by atoms with Gasteiger partial charge < -0.3 is 65.8 Å². The molecule has 2 aliphatic rings. The molecule has 0 bridgehead atoms. The molecule has 0 spiro atoms. The Balaban J connectivity index is 2.20. The molecule has 13 atom stereocenters. The highest BCUT2D eigenvalue weighted by Crippen LogP contribution is 2.30. The first-order valence-corrected chi connectivity index (χ1v) is 11.5. The van der Waals surface area contributed by atoms with Crippen LogP contribution in [0, 0.1) is 0 Å². The molecule has 1 saturated carbocycles. The van der Waals surface area contributed by atoms with Crippen molar-refractivity contribution in [1.82, 2.24) is 16.4 Å². The maximum absolute atomic E-state index is 11.1. The number of hydrogen-bond donors (Lipinski definition) is 12. The molecule has 1 aliphatic carbocycles. The van der Waals surface area contributed by atoms with E-state index >= 15 is 0 Å². The summed E-state index contributed by atoms with van der Waals surface area (Å²) in [6.45, 7) is 0.659. The van der Waals surface area contributed by atoms with Gasteiger partial charge in [0.1, 0.15) is 48.8 Å². The second kappa shape index (κ2) is 15.0. The summed E-state index contributed by atoms with van der Waals surface area (Å²) in [5.74, 6) is 0. The monoisotopic (exact) mass is 532 g/mol. The third-order valence-electron chi connectivity index (χ3n) is 6.37. The van der Waals surface area contributed by atoms with E-state index < -0.39 is 86.1 Å². The molecule has 0 amide bonds. The van der Waals surface area contributed by atoms with E-state index in [1.54, 1.807) is 14.0 Å². The van der Waals surface area contributed by atoms with E-state index in [1.807, 2.05) is 5.48 Å². The maximum Gasteiger partial charge on any atom is 0.187 e. The fourth-order valence-corrected chi connectivity index (χ4v) is 4.11. The van der Waals surface area contributed by atoms with E-state index in [2.05, 4.69) is 10.2 Å². The molecule has 36 heavy (non-hydrogen) atoms. The van der Waals surface area contributed by atoms with Gasteiger partial charge in [-0.25, -0.2) is 0 Å². The first-order valence-electron chi connectivity index (χ1n) is 11.5. The Kier molecular flexibility index (Phi) is 13.2. The van der Waals surface area contributed by atoms with E-state index in [-0.39, 0.29) is 19.6 Å². The van der Waals surface area contributed by atoms with Crippen LogP contribution in [0.3, 0.4) is 0 Å². The van der Waals surface area contributed by atoms with Crippen LogP contribution >= 0.6 is 0 Å². The zero-order chi connectivity index (χ0) is 27.0. The van der Waals surface area contributed by atoms with Gasteiger partial charge in [0.25, 0.3) is 0 Å². The minimum Gasteiger partial charge on any atom is -0.394 e. The molecule has 1 saturated heterocycles. The molecule has 1 heterocycles. The molecule has 0 aromatic rings. The van der Waals surface area contributed by atoms with Gasteiger partial charge in [-0.15, -0.1) is 0 Å². The van der Waals surface area contributed by atoms with Crippen LogP contribution in [-0.4, -0.2) is 147 Å². The predicted octanol–water partition coefficient (Wildman–Crippen LogP) is -5.78. The summed E-state index contributed by atoms with van der Waals surface area (Å²) >= 11 is 0. The van der Waals surface area contributed by atoms with Crippen molar-refractivity contribution in [3.63, 3.8) is 0 Å². The second-order valence-electron chi connectivity index (χ2n) is 8.77. The fraction of sp³-hybridized carbons (Fsp3) is 1.00. The van der Waals surface area contributed by atoms with Gasteiger partial charge in [0.15, 0.2) is 12.6 Å². The lowest BCUT2D eigenvalue weighted by molar-refractivity contribution is -0.335. The normalized spacial score (nSPS) is 40.1. The Bertz CT molecular complexity index is 628. The number of aliphatic hydroxyl groups is 6. The van der Waals surface area contributed by atoms with Crippen LogP contribution in [0.25, 0.3) is 0 Å². The molecule has 214 valence electrons. The summed E-state index contributed by atoms with van der Waals surface area (Å²) in [4.78, 5) is 4.56. The second-order valence-corrected chi connectivity index (χ2v) is 8.77. The number of nitrogens with two attached hydrogens (primary N) is 1. The highest BCUT2D eigenvalue weighted by molar-refractivity contribution is 5.00. The largest absolute Gasteiger partial charge is 0.394 e. The third-order valence-corrected chi connectivity index (χ3v) is 6.37. The molecule has 2 rings (SSSR count). The van der Waals surface area contributed by atoms with Gasteiger partial charge in [0, 0.05) is 12.1 Å². The minimum absolute atomic E-state index is 0.0117. The first-order chi connectivity index (χ1) is 17.1. The van der Waals surface area contributed by atoms with Gasteiger partial charge in [-0.1, -0.05) is 5.64 Å². The summed E-state index contributed by atoms with van der Waals surface area (Å²) in [6.07, 6.45) is -14.6. The number of hydroxylamine groups is 1. The quantitative estimate of drug-likeness (QED) is 0.0733. The molecule has 17 heteroatoms. The highest BCUT2D eigenvalue weighted by Gasteiger charge is 2.51. The van der Waals surface area contributed by atoms with Crippen LogP contribution in [0.4, 0.5) is 0 Å². The van der Waals surface area contributed by atoms with Crippen LogP contribution in [0.2, 0.25) is 0 Å². The van der Waals surface area contributed by atoms with Gasteiger partial charge in [-0.2, -0.15) is 5.48 Å². The van der Waals surface area contributed by atoms with E-state index in [4.69, 9.17) is 35.0 Å². The molecule has 1 aliphatic heterocycles. The zero-order valence-corrected chi connectivity index (χ0v) is 20.0. The highest BCUT2D eigenvalue weighted by atomic mass is 16.8. The van der Waals surface area contributed by atoms with Crippen molar-refractivity contribution in [1.29, 1.82) is 0 Å². The molecular formula is C19H40N4O13. The summed E-state index contributed by atoms with van der Waals surface area (Å²) in [6, 6.07) is -2.39. The first kappa shape index (κ1) is 31.5. The van der Waals surface area contributed by atoms with Crippen LogP contribution in [-0.2, 0) is 23.8 Å². The predicted molar refractivity (Wildman–Crippen MR) is 116 cm³/mol. The topological polar surface area (TPSA) is 270 Å². The van der Waals surface area contributed by atoms with Crippen LogP contribution in [0.5, 0.6) is 0 Å². The van der Waals surface area contributed by atoms with Crippen molar-refractivity contribution in [2.45, 2.75) is 92.9 Å². The number of ether oxygens (including phenoxy) is 4. The Hall–Kier alpha value is -0.680. The summed E-state index contributed by atoms with van der Waals surface area (Å²) in [5, 5.41) is 82.5. The SMILES string of the molecule is CN[C@@H](C)[C@@H](O)[C@H](OCCO)O[C@H]1[C@H](NO)C[C@H](N)C(O[C@H]2O[C@H](CONO)[C@@H](O)[C@H](O)[C@H]2O)[C@@H]1O. The van der Waals surface area contributed by atoms with Gasteiger partial charge in [0.2, 0.25) is 0 Å². The summed E-state index contributed by atoms with van der Waals surface area (Å²) in [5.41, 5.74) is 9.56. The lowest BCUT2D eigenvalue weighted by Crippen LogP contribution is -2.67. The molecule has 13 N–H and O–H groups in total. The van der Waals surface area contributed by atoms with Gasteiger partial charge >= 0.3 is 0 Å². The Morgan fingerprint density at radius 1 is 1.06 bits per heavy atom. The molecular weight excluding hydrogens is 492 g/mol. The average molecular weight is 533 g/mol. The van der Waals surface area contributed by atoms with E-state index in [0.717, 1.165) is 0 Å². The number of hydrogen-bond acceptors (Lipinski definition) is 17. The van der Waals surface area contributed by atoms with Crippen molar-refractivity contribution in [2.24, 2.45) is 5.73 Å². The van der Waals surface area contributed by atoms with Gasteiger partial charge in [-0.3, -0.25) is 10.0 Å². The zero-order valence-electron chi connectivity index (χ0n) is 20.0. The Labute approximate surface area is 207 Å². The molecule has 1 unspecified atom stereocenters. The number of nitrogens with one attached hydrogen (secondary N) is 3. The van der Waals surface area contributed by atoms with Gasteiger partial charge in [-0.05, 0) is 20.4 Å². The standard InChI is InChI=1S/C19H40N4O13/c1-7(21-2)11(25)18(32-4-3-24)36-17-9(22-30)5-8(20)16(15(17)29)35-19-14(28)13(27)12(26)10(34-19)6-33-23-31/h7-19,21-31H,3-6,20H2,1-2H3/t7-,8-,9+,10+,11+,12+,13-,14+,15-,16?,17-,18+,19+/m0/s1. The maximum atomic E-state index is 11.1. The lowest BCUT2D eigenvalue weighted by Gasteiger charge is -2.47. The van der Waals surface area contributed by atoms with Crippen molar-refractivity contribution in [3.05, 3.63) is 0 Å². The van der Waals surface area contributed by atoms with E-state index in [9.17, 15) is 30.7 Å². The smallest absolute Gasteiger partial charge is 0.187 e. The van der Waals surface area contributed by atoms with Crippen molar-refractivity contribution in [3.8, 4) is 0 Å². The molecule has 0 radical (unpaired) electrons. The molecule has 2 fully saturated rings. The van der Waals surface area contributed by atoms with Crippen LogP contribution in [0.15, 0.2) is 0 Å². The average Bonchev–Trinajstić information content (AvgIpc) is 2.87. The van der Waals surface area contributed by atoms with Crippen LogP contribution < -0.4 is 22.2 Å². The van der Waals surface area contributed by atoms with E-state index in [0.29, 0.717) is 0 Å². The van der Waals surface area contributed by atoms with Crippen molar-refractivity contribution >= 4 is 0 Å². The molecule has 0 aromatic heterocycles. The number of rotatable bonds is 14. The van der Waals surface area contributed by atoms with Crippen LogP contribution in [0.1, 0.15) is 13.3 Å². The number of aliphatic hydroxyl groups excluding tert-OH is 6. The lowest BCUT2D eigenvalue weighted by atomic mass is 9.84. The molecule has 17 nitrogen and oxygen atoms in total. The fourth-order valence-electron chi connectivity index (χ4n) is 4.11. The number of likely N-dealkylation sites (N-methyl/N-ethyl adjacent to an activating group) is 1.